The van der Waals surface area contributed by atoms with E-state index in [9.17, 15) is 9.36 Å². The summed E-state index contributed by atoms with van der Waals surface area (Å²) in [6, 6.07) is 0. The summed E-state index contributed by atoms with van der Waals surface area (Å²) in [5, 5.41) is 0. The van der Waals surface area contributed by atoms with Gasteiger partial charge >= 0.3 is 5.97 Å². The number of rotatable bonds is 3. The van der Waals surface area contributed by atoms with Crippen LogP contribution in [0.4, 0.5) is 0 Å². The summed E-state index contributed by atoms with van der Waals surface area (Å²) in [6.07, 6.45) is 0.0598. The van der Waals surface area contributed by atoms with Crippen molar-refractivity contribution in [2.24, 2.45) is 0 Å². The third-order valence-corrected chi connectivity index (χ3v) is 1.25. The Balaban J connectivity index is 3.10. The second-order valence-electron chi connectivity index (χ2n) is 1.48. The molecule has 0 saturated heterocycles. The van der Waals surface area contributed by atoms with E-state index in [4.69, 9.17) is 4.89 Å². The highest BCUT2D eigenvalue weighted by atomic mass is 31.1. The third kappa shape index (κ3) is 7.66. The zero-order valence-electron chi connectivity index (χ0n) is 5.09. The molecule has 0 fully saturated rings. The molecule has 0 aromatic heterocycles. The largest absolute Gasteiger partial charge is 0.465 e. The highest BCUT2D eigenvalue weighted by Gasteiger charge is 1.94. The molecule has 0 heterocycles. The first-order valence-electron chi connectivity index (χ1n) is 2.48. The number of hydrogen-bond donors (Lipinski definition) is 1. The van der Waals surface area contributed by atoms with Crippen molar-refractivity contribution in [2.75, 3.05) is 12.8 Å². The second kappa shape index (κ2) is 4.53. The topological polar surface area (TPSA) is 63.6 Å². The summed E-state index contributed by atoms with van der Waals surface area (Å²) in [5.41, 5.74) is 0. The minimum atomic E-state index is -2.46. The Labute approximate surface area is 53.7 Å². The second-order valence-corrected chi connectivity index (χ2v) is 2.77. The third-order valence-electron chi connectivity index (χ3n) is 0.621. The van der Waals surface area contributed by atoms with Gasteiger partial charge in [-0.15, -0.1) is 0 Å². The highest BCUT2D eigenvalue weighted by molar-refractivity contribution is 7.38. The maximum absolute atomic E-state index is 10.0. The van der Waals surface area contributed by atoms with Crippen LogP contribution < -0.4 is 0 Å². The predicted molar refractivity (Wildman–Crippen MR) is 32.7 cm³/mol. The molecule has 0 aliphatic rings. The molecule has 0 spiro atoms. The standard InChI is InChI=1S/C4H9O4P/c1-4(5)8-2-3-9(6)7/h9H,2-3H2,1H3,(H,6,7). The van der Waals surface area contributed by atoms with E-state index in [-0.39, 0.29) is 12.8 Å². The van der Waals surface area contributed by atoms with E-state index in [0.29, 0.717) is 0 Å². The van der Waals surface area contributed by atoms with Crippen LogP contribution in [0.2, 0.25) is 0 Å². The van der Waals surface area contributed by atoms with Crippen LogP contribution in [0.1, 0.15) is 6.92 Å². The van der Waals surface area contributed by atoms with E-state index in [1.807, 2.05) is 0 Å². The lowest BCUT2D eigenvalue weighted by Crippen LogP contribution is -2.01. The van der Waals surface area contributed by atoms with E-state index in [0.717, 1.165) is 0 Å². The fourth-order valence-corrected chi connectivity index (χ4v) is 0.559. The van der Waals surface area contributed by atoms with Crippen molar-refractivity contribution in [3.63, 3.8) is 0 Å². The van der Waals surface area contributed by atoms with Crippen molar-refractivity contribution >= 4 is 14.0 Å². The number of carbonyl (C=O) groups excluding carboxylic acids is 1. The van der Waals surface area contributed by atoms with Crippen LogP contribution in [0, 0.1) is 0 Å². The van der Waals surface area contributed by atoms with Crippen molar-refractivity contribution in [3.05, 3.63) is 0 Å². The van der Waals surface area contributed by atoms with Gasteiger partial charge in [-0.25, -0.2) is 0 Å². The predicted octanol–water partition coefficient (Wildman–Crippen LogP) is 0.0165. The monoisotopic (exact) mass is 152 g/mol. The molecule has 0 aromatic rings. The number of hydrogen-bond acceptors (Lipinski definition) is 3. The minimum Gasteiger partial charge on any atom is -0.465 e. The summed E-state index contributed by atoms with van der Waals surface area (Å²) in [4.78, 5) is 18.3. The van der Waals surface area contributed by atoms with Crippen molar-refractivity contribution in [2.45, 2.75) is 6.92 Å². The summed E-state index contributed by atoms with van der Waals surface area (Å²) in [5.74, 6) is -0.418. The summed E-state index contributed by atoms with van der Waals surface area (Å²) in [7, 11) is -2.46. The number of esters is 1. The smallest absolute Gasteiger partial charge is 0.302 e. The molecule has 1 atom stereocenters. The number of carbonyl (C=O) groups is 1. The van der Waals surface area contributed by atoms with Crippen molar-refractivity contribution < 1.29 is 19.0 Å². The Morgan fingerprint density at radius 2 is 2.33 bits per heavy atom. The molecule has 0 rings (SSSR count). The van der Waals surface area contributed by atoms with Gasteiger partial charge in [0.15, 0.2) is 8.03 Å². The van der Waals surface area contributed by atoms with E-state index >= 15 is 0 Å². The molecule has 0 aliphatic heterocycles. The van der Waals surface area contributed by atoms with E-state index in [2.05, 4.69) is 4.74 Å². The Bertz CT molecular complexity index is 108. The molecule has 0 saturated carbocycles. The van der Waals surface area contributed by atoms with Gasteiger partial charge in [-0.2, -0.15) is 0 Å². The molecule has 0 aromatic carbocycles. The summed E-state index contributed by atoms with van der Waals surface area (Å²) >= 11 is 0. The van der Waals surface area contributed by atoms with Gasteiger partial charge in [-0.3, -0.25) is 9.36 Å². The van der Waals surface area contributed by atoms with Crippen LogP contribution in [0.15, 0.2) is 0 Å². The van der Waals surface area contributed by atoms with Gasteiger partial charge in [0.05, 0.1) is 6.16 Å². The first kappa shape index (κ1) is 8.66. The molecule has 9 heavy (non-hydrogen) atoms. The maximum atomic E-state index is 10.0. The summed E-state index contributed by atoms with van der Waals surface area (Å²) in [6.45, 7) is 1.30. The SMILES string of the molecule is CC(=O)OCC[PH](=O)O. The van der Waals surface area contributed by atoms with E-state index in [1.54, 1.807) is 0 Å². The molecule has 0 amide bonds. The molecule has 0 aliphatic carbocycles. The van der Waals surface area contributed by atoms with Crippen LogP contribution in [-0.2, 0) is 14.1 Å². The van der Waals surface area contributed by atoms with Gasteiger partial charge in [0.25, 0.3) is 0 Å². The molecule has 5 heteroatoms. The Kier molecular flexibility index (Phi) is 4.36. The van der Waals surface area contributed by atoms with Crippen molar-refractivity contribution in [3.8, 4) is 0 Å². The first-order valence-corrected chi connectivity index (χ1v) is 4.04. The molecule has 0 bridgehead atoms. The lowest BCUT2D eigenvalue weighted by Gasteiger charge is -1.96. The van der Waals surface area contributed by atoms with Crippen LogP contribution in [0.5, 0.6) is 0 Å². The first-order chi connectivity index (χ1) is 4.13. The lowest BCUT2D eigenvalue weighted by atomic mass is 10.8. The van der Waals surface area contributed by atoms with Crippen molar-refractivity contribution in [1.29, 1.82) is 0 Å². The molecule has 54 valence electrons. The van der Waals surface area contributed by atoms with Gasteiger partial charge in [0, 0.05) is 6.92 Å². The Morgan fingerprint density at radius 1 is 1.78 bits per heavy atom. The highest BCUT2D eigenvalue weighted by Crippen LogP contribution is 2.10. The minimum absolute atomic E-state index is 0.0453. The average molecular weight is 152 g/mol. The van der Waals surface area contributed by atoms with Gasteiger partial charge in [0.2, 0.25) is 0 Å². The zero-order chi connectivity index (χ0) is 7.28. The average Bonchev–Trinajstić information content (AvgIpc) is 1.63. The van der Waals surface area contributed by atoms with Gasteiger partial charge in [-0.05, 0) is 0 Å². The molecule has 1 unspecified atom stereocenters. The Morgan fingerprint density at radius 3 is 2.67 bits per heavy atom. The fraction of sp³-hybridized carbons (Fsp3) is 0.750. The maximum Gasteiger partial charge on any atom is 0.302 e. The van der Waals surface area contributed by atoms with Crippen LogP contribution in [0.3, 0.4) is 0 Å². The zero-order valence-corrected chi connectivity index (χ0v) is 6.09. The summed E-state index contributed by atoms with van der Waals surface area (Å²) < 4.78 is 14.4. The molecule has 0 radical (unpaired) electrons. The number of ether oxygens (including phenoxy) is 1. The van der Waals surface area contributed by atoms with Gasteiger partial charge in [-0.1, -0.05) is 0 Å². The Hall–Kier alpha value is -0.340. The van der Waals surface area contributed by atoms with Gasteiger partial charge < -0.3 is 9.63 Å². The van der Waals surface area contributed by atoms with Crippen LogP contribution in [0.25, 0.3) is 0 Å². The molecule has 1 N–H and O–H groups in total. The van der Waals surface area contributed by atoms with Crippen molar-refractivity contribution in [1.82, 2.24) is 0 Å². The quantitative estimate of drug-likeness (QED) is 0.457. The van der Waals surface area contributed by atoms with Gasteiger partial charge in [0.1, 0.15) is 6.61 Å². The lowest BCUT2D eigenvalue weighted by molar-refractivity contribution is -0.140. The van der Waals surface area contributed by atoms with Crippen LogP contribution >= 0.6 is 8.03 Å². The molecule has 4 nitrogen and oxygen atoms in total. The van der Waals surface area contributed by atoms with Crippen LogP contribution in [-0.4, -0.2) is 23.6 Å². The van der Waals surface area contributed by atoms with E-state index < -0.39 is 14.0 Å². The normalized spacial score (nSPS) is 12.7. The fourth-order valence-electron chi connectivity index (χ4n) is 0.282. The molecular formula is C4H9O4P. The van der Waals surface area contributed by atoms with E-state index in [1.165, 1.54) is 6.92 Å². The molecular weight excluding hydrogens is 143 g/mol.